The van der Waals surface area contributed by atoms with Crippen LogP contribution in [0, 0.1) is 0 Å². The molecule has 0 atom stereocenters. The van der Waals surface area contributed by atoms with E-state index in [9.17, 15) is 4.79 Å². The Hall–Kier alpha value is -2.65. The van der Waals surface area contributed by atoms with Crippen LogP contribution in [0.25, 0.3) is 10.8 Å². The molecule has 1 fully saturated rings. The third-order valence-electron chi connectivity index (χ3n) is 5.05. The molecule has 3 aromatic carbocycles. The number of fused-ring (bicyclic) bond motifs is 1. The number of hydrogen-bond donors (Lipinski definition) is 1. The molecule has 0 unspecified atom stereocenters. The number of nitrogens with one attached hydrogen (secondary N) is 1. The second-order valence-electron chi connectivity index (χ2n) is 7.05. The average Bonchev–Trinajstić information content (AvgIpc) is 3.15. The summed E-state index contributed by atoms with van der Waals surface area (Å²) in [7, 11) is 0. The minimum Gasteiger partial charge on any atom is -0.326 e. The lowest BCUT2D eigenvalue weighted by molar-refractivity contribution is -0.115. The van der Waals surface area contributed by atoms with Crippen molar-refractivity contribution < 1.29 is 4.79 Å². The summed E-state index contributed by atoms with van der Waals surface area (Å²) in [5.41, 5.74) is 3.20. The Morgan fingerprint density at radius 3 is 2.58 bits per heavy atom. The fourth-order valence-corrected chi connectivity index (χ4v) is 3.77. The number of rotatable bonds is 5. The maximum absolute atomic E-state index is 12.6. The van der Waals surface area contributed by atoms with Crippen molar-refractivity contribution in [2.45, 2.75) is 25.8 Å². The van der Waals surface area contributed by atoms with Crippen molar-refractivity contribution in [3.8, 4) is 0 Å². The molecule has 4 rings (SSSR count). The molecule has 0 aliphatic carbocycles. The van der Waals surface area contributed by atoms with Crippen molar-refractivity contribution in [3.05, 3.63) is 77.9 Å². The summed E-state index contributed by atoms with van der Waals surface area (Å²) in [4.78, 5) is 15.0. The summed E-state index contributed by atoms with van der Waals surface area (Å²) >= 11 is 0. The molecule has 132 valence electrons. The number of carbonyl (C=O) groups excluding carboxylic acids is 1. The zero-order chi connectivity index (χ0) is 17.8. The topological polar surface area (TPSA) is 32.3 Å². The molecule has 3 nitrogen and oxygen atoms in total. The Morgan fingerprint density at radius 1 is 0.923 bits per heavy atom. The average molecular weight is 344 g/mol. The molecule has 0 saturated carbocycles. The van der Waals surface area contributed by atoms with Gasteiger partial charge in [0.2, 0.25) is 5.91 Å². The Balaban J connectivity index is 1.44. The van der Waals surface area contributed by atoms with Gasteiger partial charge >= 0.3 is 0 Å². The van der Waals surface area contributed by atoms with Gasteiger partial charge in [0, 0.05) is 12.2 Å². The number of hydrogen-bond acceptors (Lipinski definition) is 2. The molecular weight excluding hydrogens is 320 g/mol. The molecule has 3 aromatic rings. The van der Waals surface area contributed by atoms with Crippen LogP contribution in [-0.4, -0.2) is 23.9 Å². The van der Waals surface area contributed by atoms with E-state index >= 15 is 0 Å². The largest absolute Gasteiger partial charge is 0.326 e. The molecule has 26 heavy (non-hydrogen) atoms. The van der Waals surface area contributed by atoms with Crippen molar-refractivity contribution >= 4 is 22.4 Å². The quantitative estimate of drug-likeness (QED) is 0.733. The molecule has 1 amide bonds. The zero-order valence-corrected chi connectivity index (χ0v) is 14.9. The molecule has 1 heterocycles. The van der Waals surface area contributed by atoms with Gasteiger partial charge in [-0.25, -0.2) is 0 Å². The highest BCUT2D eigenvalue weighted by atomic mass is 16.1. The van der Waals surface area contributed by atoms with Crippen molar-refractivity contribution in [2.24, 2.45) is 0 Å². The third-order valence-corrected chi connectivity index (χ3v) is 5.05. The molecule has 1 saturated heterocycles. The summed E-state index contributed by atoms with van der Waals surface area (Å²) in [6, 6.07) is 22.6. The van der Waals surface area contributed by atoms with Crippen molar-refractivity contribution in [2.75, 3.05) is 18.4 Å². The molecule has 3 heteroatoms. The second-order valence-corrected chi connectivity index (χ2v) is 7.05. The lowest BCUT2D eigenvalue weighted by Crippen LogP contribution is -2.19. The van der Waals surface area contributed by atoms with E-state index in [4.69, 9.17) is 0 Å². The lowest BCUT2D eigenvalue weighted by Gasteiger charge is -2.15. The Kier molecular flexibility index (Phi) is 4.98. The highest BCUT2D eigenvalue weighted by Crippen LogP contribution is 2.20. The Morgan fingerprint density at radius 2 is 1.69 bits per heavy atom. The van der Waals surface area contributed by atoms with E-state index in [1.165, 1.54) is 36.9 Å². The van der Waals surface area contributed by atoms with Crippen LogP contribution in [-0.2, 0) is 17.8 Å². The van der Waals surface area contributed by atoms with Gasteiger partial charge in [0.05, 0.1) is 6.42 Å². The first-order valence-electron chi connectivity index (χ1n) is 9.36. The maximum atomic E-state index is 12.6. The summed E-state index contributed by atoms with van der Waals surface area (Å²) in [5.74, 6) is 0.0275. The van der Waals surface area contributed by atoms with Crippen LogP contribution >= 0.6 is 0 Å². The van der Waals surface area contributed by atoms with E-state index in [0.29, 0.717) is 6.42 Å². The van der Waals surface area contributed by atoms with E-state index in [1.807, 2.05) is 36.4 Å². The highest BCUT2D eigenvalue weighted by Gasteiger charge is 2.12. The summed E-state index contributed by atoms with van der Waals surface area (Å²) in [6.45, 7) is 3.32. The Bertz CT molecular complexity index is 907. The molecule has 0 radical (unpaired) electrons. The molecule has 0 aromatic heterocycles. The summed E-state index contributed by atoms with van der Waals surface area (Å²) in [6.07, 6.45) is 2.97. The number of likely N-dealkylation sites (tertiary alicyclic amines) is 1. The first-order valence-corrected chi connectivity index (χ1v) is 9.36. The van der Waals surface area contributed by atoms with Crippen LogP contribution in [0.5, 0.6) is 0 Å². The standard InChI is InChI=1S/C23H24N2O/c26-23(16-20-10-6-9-19-8-1-2-12-22(19)20)24-21-11-5-7-18(15-21)17-25-13-3-4-14-25/h1-2,5-12,15H,3-4,13-14,16-17H2,(H,24,26). The van der Waals surface area contributed by atoms with Crippen LogP contribution in [0.2, 0.25) is 0 Å². The smallest absolute Gasteiger partial charge is 0.228 e. The van der Waals surface area contributed by atoms with Gasteiger partial charge in [-0.15, -0.1) is 0 Å². The summed E-state index contributed by atoms with van der Waals surface area (Å²) in [5, 5.41) is 5.38. The monoisotopic (exact) mass is 344 g/mol. The predicted octanol–water partition coefficient (Wildman–Crippen LogP) is 4.62. The van der Waals surface area contributed by atoms with Gasteiger partial charge in [-0.2, -0.15) is 0 Å². The molecule has 1 N–H and O–H groups in total. The SMILES string of the molecule is O=C(Cc1cccc2ccccc12)Nc1cccc(CN2CCCC2)c1. The first-order chi connectivity index (χ1) is 12.8. The molecule has 1 aliphatic rings. The number of nitrogens with zero attached hydrogens (tertiary/aromatic N) is 1. The fraction of sp³-hybridized carbons (Fsp3) is 0.261. The van der Waals surface area contributed by atoms with Crippen molar-refractivity contribution in [1.29, 1.82) is 0 Å². The summed E-state index contributed by atoms with van der Waals surface area (Å²) < 4.78 is 0. The van der Waals surface area contributed by atoms with Crippen molar-refractivity contribution in [1.82, 2.24) is 4.90 Å². The van der Waals surface area contributed by atoms with Crippen molar-refractivity contribution in [3.63, 3.8) is 0 Å². The maximum Gasteiger partial charge on any atom is 0.228 e. The third kappa shape index (κ3) is 3.94. The minimum atomic E-state index is 0.0275. The van der Waals surface area contributed by atoms with Crippen LogP contribution < -0.4 is 5.32 Å². The highest BCUT2D eigenvalue weighted by molar-refractivity contribution is 5.96. The van der Waals surface area contributed by atoms with E-state index in [2.05, 4.69) is 40.5 Å². The predicted molar refractivity (Wildman–Crippen MR) is 107 cm³/mol. The lowest BCUT2D eigenvalue weighted by atomic mass is 10.0. The van der Waals surface area contributed by atoms with Crippen LogP contribution in [0.15, 0.2) is 66.7 Å². The molecule has 0 spiro atoms. The number of benzene rings is 3. The van der Waals surface area contributed by atoms with Gasteiger partial charge in [-0.3, -0.25) is 9.69 Å². The van der Waals surface area contributed by atoms with Crippen LogP contribution in [0.1, 0.15) is 24.0 Å². The molecule has 0 bridgehead atoms. The van der Waals surface area contributed by atoms with Gasteiger partial charge in [0.15, 0.2) is 0 Å². The van der Waals surface area contributed by atoms with Gasteiger partial charge in [0.25, 0.3) is 0 Å². The zero-order valence-electron chi connectivity index (χ0n) is 14.9. The van der Waals surface area contributed by atoms with E-state index in [1.54, 1.807) is 0 Å². The van der Waals surface area contributed by atoms with E-state index in [-0.39, 0.29) is 5.91 Å². The van der Waals surface area contributed by atoms with E-state index < -0.39 is 0 Å². The van der Waals surface area contributed by atoms with Gasteiger partial charge in [-0.05, 0) is 60.0 Å². The number of anilines is 1. The minimum absolute atomic E-state index is 0.0275. The second kappa shape index (κ2) is 7.71. The van der Waals surface area contributed by atoms with E-state index in [0.717, 1.165) is 23.2 Å². The van der Waals surface area contributed by atoms with Gasteiger partial charge in [0.1, 0.15) is 0 Å². The normalized spacial score (nSPS) is 14.6. The number of amides is 1. The first kappa shape index (κ1) is 16.8. The van der Waals surface area contributed by atoms with Crippen LogP contribution in [0.3, 0.4) is 0 Å². The Labute approximate surface area is 154 Å². The van der Waals surface area contributed by atoms with Gasteiger partial charge < -0.3 is 5.32 Å². The molecular formula is C23H24N2O. The van der Waals surface area contributed by atoms with Gasteiger partial charge in [-0.1, -0.05) is 54.6 Å². The fourth-order valence-electron chi connectivity index (χ4n) is 3.77. The molecule has 1 aliphatic heterocycles. The van der Waals surface area contributed by atoms with Crippen LogP contribution in [0.4, 0.5) is 5.69 Å². The number of carbonyl (C=O) groups is 1.